The van der Waals surface area contributed by atoms with Crippen LogP contribution in [0.15, 0.2) is 42.5 Å². The number of aliphatic hydroxyl groups is 1. The summed E-state index contributed by atoms with van der Waals surface area (Å²) in [6.45, 7) is 6.75. The largest absolute Gasteiger partial charge is 0.469 e. The molecule has 0 aliphatic carbocycles. The molecule has 0 radical (unpaired) electrons. The first-order valence-electron chi connectivity index (χ1n) is 18.6. The summed E-state index contributed by atoms with van der Waals surface area (Å²) in [5, 5.41) is 10.3. The Bertz CT molecular complexity index is 1640. The predicted octanol–water partition coefficient (Wildman–Crippen LogP) is 4.81. The number of amides is 3. The summed E-state index contributed by atoms with van der Waals surface area (Å²) in [4.78, 5) is 71.4. The molecule has 51 heavy (non-hydrogen) atoms. The standard InChI is InChI=1S/C39H53N3O8Si/c1-26-37(51(3,4)48)33(23-35(45)42-24-28-14-9-8-13-27(28)21-30(42)25-43)50-39(26)31-22-29(40-19-11-6-5-7-15-34(40)44)17-18-32(31)41(38(39)47)20-12-10-16-36(46)49-2/h8-9,13-14,17-18,22,26,30,33,37,43,48H,5-7,10-12,15-16,19-21,23-25H2,1-4H3/t26-,30-,33+,37-,39+/m0/s1. The summed E-state index contributed by atoms with van der Waals surface area (Å²) in [5.41, 5.74) is 2.26. The van der Waals surface area contributed by atoms with Gasteiger partial charge in [0, 0.05) is 55.2 Å². The van der Waals surface area contributed by atoms with Crippen molar-refractivity contribution in [2.24, 2.45) is 5.92 Å². The lowest BCUT2D eigenvalue weighted by Crippen LogP contribution is -2.48. The number of hydrogen-bond donors (Lipinski definition) is 2. The van der Waals surface area contributed by atoms with Crippen LogP contribution in [-0.4, -0.2) is 85.8 Å². The molecule has 11 nitrogen and oxygen atoms in total. The van der Waals surface area contributed by atoms with Gasteiger partial charge in [0.1, 0.15) is 0 Å². The van der Waals surface area contributed by atoms with Crippen molar-refractivity contribution in [3.63, 3.8) is 0 Å². The molecule has 0 saturated carbocycles. The fourth-order valence-electron chi connectivity index (χ4n) is 9.06. The SMILES string of the molecule is COC(=O)CCCCN1C(=O)[C@]2(O[C@H](CC(=O)N3Cc4ccccc4C[C@H]3CO)[C@@H]([Si](C)(C)O)[C@@H]2C)c2cc(N3CCCCCCC3=O)ccc21. The first kappa shape index (κ1) is 37.2. The van der Waals surface area contributed by atoms with E-state index in [1.54, 1.807) is 9.80 Å². The zero-order chi connectivity index (χ0) is 36.5. The van der Waals surface area contributed by atoms with Crippen LogP contribution in [0.3, 0.4) is 0 Å². The predicted molar refractivity (Wildman–Crippen MR) is 195 cm³/mol. The van der Waals surface area contributed by atoms with Gasteiger partial charge in [-0.05, 0) is 74.5 Å². The van der Waals surface area contributed by atoms with E-state index in [9.17, 15) is 29.1 Å². The molecule has 3 amide bonds. The maximum Gasteiger partial charge on any atom is 0.305 e. The van der Waals surface area contributed by atoms with Crippen LogP contribution in [0.2, 0.25) is 18.6 Å². The average molecular weight is 720 g/mol. The van der Waals surface area contributed by atoms with E-state index in [-0.39, 0.29) is 49.2 Å². The van der Waals surface area contributed by atoms with E-state index in [2.05, 4.69) is 0 Å². The fraction of sp³-hybridized carbons (Fsp3) is 0.590. The van der Waals surface area contributed by atoms with E-state index in [1.807, 2.05) is 67.4 Å². The number of methoxy groups -OCH3 is 1. The number of carbonyl (C=O) groups is 4. The van der Waals surface area contributed by atoms with Gasteiger partial charge < -0.3 is 34.1 Å². The second-order valence-corrected chi connectivity index (χ2v) is 19.3. The van der Waals surface area contributed by atoms with Crippen molar-refractivity contribution in [3.05, 3.63) is 59.2 Å². The van der Waals surface area contributed by atoms with Crippen LogP contribution in [0, 0.1) is 5.92 Å². The van der Waals surface area contributed by atoms with Gasteiger partial charge in [0.15, 0.2) is 13.9 Å². The van der Waals surface area contributed by atoms with Gasteiger partial charge in [-0.3, -0.25) is 19.2 Å². The number of unbranched alkanes of at least 4 members (excludes halogenated alkanes) is 1. The highest BCUT2D eigenvalue weighted by Gasteiger charge is 2.66. The molecule has 1 spiro atoms. The summed E-state index contributed by atoms with van der Waals surface area (Å²) < 4.78 is 11.8. The molecule has 2 aromatic carbocycles. The smallest absolute Gasteiger partial charge is 0.305 e. The van der Waals surface area contributed by atoms with E-state index < -0.39 is 31.5 Å². The third-order valence-electron chi connectivity index (χ3n) is 11.6. The van der Waals surface area contributed by atoms with Crippen LogP contribution < -0.4 is 9.80 Å². The molecule has 2 N–H and O–H groups in total. The summed E-state index contributed by atoms with van der Waals surface area (Å²) in [6, 6.07) is 13.3. The van der Waals surface area contributed by atoms with Gasteiger partial charge in [0.05, 0.1) is 38.0 Å². The normalized spacial score (nSPS) is 26.6. The Kier molecular flexibility index (Phi) is 11.1. The van der Waals surface area contributed by atoms with Crippen molar-refractivity contribution >= 4 is 43.4 Å². The molecule has 4 aliphatic heterocycles. The number of benzene rings is 2. The fourth-order valence-corrected chi connectivity index (χ4v) is 11.6. The highest BCUT2D eigenvalue weighted by molar-refractivity contribution is 6.71. The molecule has 12 heteroatoms. The number of hydrogen-bond acceptors (Lipinski definition) is 8. The minimum atomic E-state index is -3.06. The quantitative estimate of drug-likeness (QED) is 0.203. The summed E-state index contributed by atoms with van der Waals surface area (Å²) in [7, 11) is -1.71. The Morgan fingerprint density at radius 1 is 1.04 bits per heavy atom. The first-order valence-corrected chi connectivity index (χ1v) is 21.6. The highest BCUT2D eigenvalue weighted by Crippen LogP contribution is 2.60. The third kappa shape index (κ3) is 7.12. The first-order chi connectivity index (χ1) is 24.4. The Hall–Kier alpha value is -3.58. The molecule has 4 aliphatic rings. The van der Waals surface area contributed by atoms with Crippen molar-refractivity contribution < 1.29 is 38.6 Å². The van der Waals surface area contributed by atoms with Gasteiger partial charge in [-0.2, -0.15) is 0 Å². The van der Waals surface area contributed by atoms with Gasteiger partial charge in [-0.15, -0.1) is 0 Å². The number of carbonyl (C=O) groups excluding carboxylic acids is 4. The molecule has 2 fully saturated rings. The second-order valence-electron chi connectivity index (χ2n) is 15.3. The number of ether oxygens (including phenoxy) is 2. The van der Waals surface area contributed by atoms with E-state index >= 15 is 0 Å². The molecular formula is C39H53N3O8Si. The molecule has 0 bridgehead atoms. The molecule has 6 rings (SSSR count). The zero-order valence-corrected chi connectivity index (χ0v) is 31.4. The van der Waals surface area contributed by atoms with Gasteiger partial charge in [-0.1, -0.05) is 44.0 Å². The van der Waals surface area contributed by atoms with Crippen LogP contribution in [-0.2, 0) is 47.2 Å². The molecule has 4 heterocycles. The van der Waals surface area contributed by atoms with E-state index in [0.717, 1.165) is 36.8 Å². The zero-order valence-electron chi connectivity index (χ0n) is 30.4. The lowest BCUT2D eigenvalue weighted by molar-refractivity contribution is -0.151. The molecular weight excluding hydrogens is 667 g/mol. The Morgan fingerprint density at radius 3 is 2.51 bits per heavy atom. The number of esters is 1. The Labute approximate surface area is 302 Å². The van der Waals surface area contributed by atoms with E-state index in [0.29, 0.717) is 62.3 Å². The van der Waals surface area contributed by atoms with Crippen molar-refractivity contribution in [2.45, 2.75) is 114 Å². The molecule has 2 saturated heterocycles. The van der Waals surface area contributed by atoms with Crippen molar-refractivity contribution in [2.75, 3.05) is 36.6 Å². The monoisotopic (exact) mass is 719 g/mol. The maximum atomic E-state index is 14.9. The van der Waals surface area contributed by atoms with Crippen LogP contribution in [0.25, 0.3) is 0 Å². The van der Waals surface area contributed by atoms with E-state index in [4.69, 9.17) is 9.47 Å². The topological polar surface area (TPSA) is 137 Å². The Morgan fingerprint density at radius 2 is 1.78 bits per heavy atom. The van der Waals surface area contributed by atoms with Crippen molar-refractivity contribution in [1.82, 2.24) is 4.90 Å². The lowest BCUT2D eigenvalue weighted by Gasteiger charge is -2.37. The number of aliphatic hydroxyl groups excluding tert-OH is 1. The molecule has 276 valence electrons. The second kappa shape index (κ2) is 15.2. The van der Waals surface area contributed by atoms with Gasteiger partial charge in [-0.25, -0.2) is 0 Å². The lowest BCUT2D eigenvalue weighted by atomic mass is 9.82. The van der Waals surface area contributed by atoms with Crippen LogP contribution in [0.1, 0.15) is 81.4 Å². The van der Waals surface area contributed by atoms with Gasteiger partial charge in [0.2, 0.25) is 11.8 Å². The number of nitrogens with zero attached hydrogens (tertiary/aromatic N) is 3. The molecule has 5 atom stereocenters. The van der Waals surface area contributed by atoms with Crippen molar-refractivity contribution in [1.29, 1.82) is 0 Å². The van der Waals surface area contributed by atoms with Crippen LogP contribution >= 0.6 is 0 Å². The molecule has 0 unspecified atom stereocenters. The molecule has 0 aromatic heterocycles. The highest BCUT2D eigenvalue weighted by atomic mass is 28.4. The van der Waals surface area contributed by atoms with Gasteiger partial charge >= 0.3 is 5.97 Å². The number of rotatable bonds is 10. The van der Waals surface area contributed by atoms with E-state index in [1.165, 1.54) is 7.11 Å². The maximum absolute atomic E-state index is 14.9. The summed E-state index contributed by atoms with van der Waals surface area (Å²) >= 11 is 0. The molecule has 2 aromatic rings. The number of fused-ring (bicyclic) bond motifs is 3. The van der Waals surface area contributed by atoms with Gasteiger partial charge in [0.25, 0.3) is 5.91 Å². The minimum absolute atomic E-state index is 0.0432. The van der Waals surface area contributed by atoms with Crippen LogP contribution in [0.4, 0.5) is 11.4 Å². The Balaban J connectivity index is 1.36. The van der Waals surface area contributed by atoms with Crippen molar-refractivity contribution in [3.8, 4) is 0 Å². The minimum Gasteiger partial charge on any atom is -0.469 e. The average Bonchev–Trinajstić information content (AvgIpc) is 3.53. The summed E-state index contributed by atoms with van der Waals surface area (Å²) in [5.74, 6) is -1.17. The number of anilines is 2. The van der Waals surface area contributed by atoms with Crippen LogP contribution in [0.5, 0.6) is 0 Å². The summed E-state index contributed by atoms with van der Waals surface area (Å²) in [6.07, 6.45) is 5.36. The third-order valence-corrected chi connectivity index (χ3v) is 14.1.